The van der Waals surface area contributed by atoms with Crippen molar-refractivity contribution in [3.63, 3.8) is 0 Å². The van der Waals surface area contributed by atoms with E-state index in [-0.39, 0.29) is 17.4 Å². The topological polar surface area (TPSA) is 29.5 Å². The van der Waals surface area contributed by atoms with E-state index in [0.717, 1.165) is 6.42 Å². The van der Waals surface area contributed by atoms with Gasteiger partial charge in [0.05, 0.1) is 12.7 Å². The van der Waals surface area contributed by atoms with E-state index in [1.807, 2.05) is 33.9 Å². The highest BCUT2D eigenvalue weighted by molar-refractivity contribution is 5.81. The lowest BCUT2D eigenvalue weighted by molar-refractivity contribution is -0.140. The van der Waals surface area contributed by atoms with E-state index < -0.39 is 0 Å². The van der Waals surface area contributed by atoms with E-state index in [1.165, 1.54) is 11.1 Å². The average molecular weight is 261 g/mol. The maximum Gasteiger partial charge on any atom is 0.227 e. The number of ether oxygens (including phenoxy) is 1. The van der Waals surface area contributed by atoms with E-state index in [9.17, 15) is 4.79 Å². The van der Waals surface area contributed by atoms with Crippen LogP contribution in [0.3, 0.4) is 0 Å². The van der Waals surface area contributed by atoms with Gasteiger partial charge in [-0.05, 0) is 11.1 Å². The summed E-state index contributed by atoms with van der Waals surface area (Å²) in [4.78, 5) is 13.9. The summed E-state index contributed by atoms with van der Waals surface area (Å²) in [7, 11) is 1.86. The van der Waals surface area contributed by atoms with Gasteiger partial charge in [0.1, 0.15) is 0 Å². The van der Waals surface area contributed by atoms with Crippen molar-refractivity contribution in [2.75, 3.05) is 13.6 Å². The lowest BCUT2D eigenvalue weighted by Crippen LogP contribution is -2.43. The second-order valence-electron chi connectivity index (χ2n) is 6.34. The van der Waals surface area contributed by atoms with E-state index in [0.29, 0.717) is 13.2 Å². The molecule has 1 atom stereocenters. The van der Waals surface area contributed by atoms with Crippen LogP contribution in [0.5, 0.6) is 0 Å². The van der Waals surface area contributed by atoms with E-state index in [1.54, 1.807) is 4.90 Å². The van der Waals surface area contributed by atoms with E-state index in [2.05, 4.69) is 18.2 Å². The largest absolute Gasteiger partial charge is 0.371 e. The summed E-state index contributed by atoms with van der Waals surface area (Å²) < 4.78 is 5.84. The zero-order valence-corrected chi connectivity index (χ0v) is 12.3. The van der Waals surface area contributed by atoms with Gasteiger partial charge in [-0.25, -0.2) is 0 Å². The third-order valence-corrected chi connectivity index (χ3v) is 3.51. The minimum Gasteiger partial charge on any atom is -0.371 e. The Bertz CT molecular complexity index is 462. The molecular weight excluding hydrogens is 238 g/mol. The Hall–Kier alpha value is -1.35. The molecule has 3 nitrogen and oxygen atoms in total. The first-order chi connectivity index (χ1) is 8.88. The molecule has 2 rings (SSSR count). The number of nitrogens with zero attached hydrogens (tertiary/aromatic N) is 1. The average Bonchev–Trinajstić information content (AvgIpc) is 2.36. The first kappa shape index (κ1) is 14.1. The van der Waals surface area contributed by atoms with Crippen molar-refractivity contribution in [3.05, 3.63) is 35.4 Å². The Labute approximate surface area is 115 Å². The smallest absolute Gasteiger partial charge is 0.227 e. The molecule has 1 aromatic carbocycles. The van der Waals surface area contributed by atoms with Crippen LogP contribution < -0.4 is 0 Å². The van der Waals surface area contributed by atoms with E-state index in [4.69, 9.17) is 4.74 Å². The number of amides is 1. The van der Waals surface area contributed by atoms with Gasteiger partial charge in [0.15, 0.2) is 0 Å². The summed E-state index contributed by atoms with van der Waals surface area (Å²) >= 11 is 0. The normalized spacial score (nSPS) is 18.8. The molecule has 0 radical (unpaired) electrons. The quantitative estimate of drug-likeness (QED) is 0.819. The molecule has 0 aromatic heterocycles. The van der Waals surface area contributed by atoms with Crippen LogP contribution in [0, 0.1) is 5.41 Å². The molecule has 1 unspecified atom stereocenters. The standard InChI is InChI=1S/C16H23NO2/c1-16(2,3)15(18)17(4)10-14-9-12-7-5-6-8-13(12)11-19-14/h5-8,14H,9-11H2,1-4H3. The highest BCUT2D eigenvalue weighted by atomic mass is 16.5. The van der Waals surface area contributed by atoms with Crippen LogP contribution in [-0.2, 0) is 22.6 Å². The van der Waals surface area contributed by atoms with Gasteiger partial charge < -0.3 is 9.64 Å². The lowest BCUT2D eigenvalue weighted by Gasteiger charge is -2.32. The number of fused-ring (bicyclic) bond motifs is 1. The molecule has 1 aliphatic heterocycles. The molecule has 0 spiro atoms. The number of hydrogen-bond donors (Lipinski definition) is 0. The van der Waals surface area contributed by atoms with Crippen LogP contribution in [0.4, 0.5) is 0 Å². The number of benzene rings is 1. The summed E-state index contributed by atoms with van der Waals surface area (Å²) in [6.07, 6.45) is 0.990. The maximum atomic E-state index is 12.2. The predicted molar refractivity (Wildman–Crippen MR) is 75.8 cm³/mol. The molecule has 3 heteroatoms. The van der Waals surface area contributed by atoms with Gasteiger partial charge >= 0.3 is 0 Å². The summed E-state index contributed by atoms with van der Waals surface area (Å²) in [5.41, 5.74) is 2.28. The zero-order valence-electron chi connectivity index (χ0n) is 12.3. The van der Waals surface area contributed by atoms with Crippen LogP contribution >= 0.6 is 0 Å². The Morgan fingerprint density at radius 3 is 2.58 bits per heavy atom. The Balaban J connectivity index is 1.97. The van der Waals surface area contributed by atoms with Gasteiger partial charge in [0, 0.05) is 25.4 Å². The van der Waals surface area contributed by atoms with Crippen molar-refractivity contribution in [2.45, 2.75) is 39.9 Å². The zero-order chi connectivity index (χ0) is 14.0. The first-order valence-electron chi connectivity index (χ1n) is 6.82. The number of carbonyl (C=O) groups is 1. The van der Waals surface area contributed by atoms with Gasteiger partial charge in [-0.2, -0.15) is 0 Å². The van der Waals surface area contributed by atoms with Crippen LogP contribution in [0.15, 0.2) is 24.3 Å². The third-order valence-electron chi connectivity index (χ3n) is 3.51. The van der Waals surface area contributed by atoms with Gasteiger partial charge in [0.25, 0.3) is 0 Å². The number of hydrogen-bond acceptors (Lipinski definition) is 2. The summed E-state index contributed by atoms with van der Waals surface area (Å²) in [5.74, 6) is 0.162. The van der Waals surface area contributed by atoms with Crippen molar-refractivity contribution < 1.29 is 9.53 Å². The molecule has 1 aromatic rings. The molecule has 104 valence electrons. The van der Waals surface area contributed by atoms with Gasteiger partial charge in [-0.15, -0.1) is 0 Å². The monoisotopic (exact) mass is 261 g/mol. The van der Waals surface area contributed by atoms with E-state index >= 15 is 0 Å². The van der Waals surface area contributed by atoms with Gasteiger partial charge in [-0.1, -0.05) is 45.0 Å². The summed E-state index contributed by atoms with van der Waals surface area (Å²) in [6, 6.07) is 8.36. The van der Waals surface area contributed by atoms with Gasteiger partial charge in [-0.3, -0.25) is 4.79 Å². The third kappa shape index (κ3) is 3.35. The fourth-order valence-electron chi connectivity index (χ4n) is 2.49. The van der Waals surface area contributed by atoms with Crippen molar-refractivity contribution >= 4 is 5.91 Å². The molecule has 0 N–H and O–H groups in total. The second kappa shape index (κ2) is 5.33. The highest BCUT2D eigenvalue weighted by Crippen LogP contribution is 2.22. The molecule has 19 heavy (non-hydrogen) atoms. The first-order valence-corrected chi connectivity index (χ1v) is 6.82. The molecule has 0 fully saturated rings. The molecule has 1 aliphatic rings. The van der Waals surface area contributed by atoms with Crippen LogP contribution in [0.2, 0.25) is 0 Å². The number of carbonyl (C=O) groups excluding carboxylic acids is 1. The Morgan fingerprint density at radius 1 is 1.32 bits per heavy atom. The van der Waals surface area contributed by atoms with Crippen LogP contribution in [-0.4, -0.2) is 30.5 Å². The molecule has 0 aliphatic carbocycles. The van der Waals surface area contributed by atoms with Crippen molar-refractivity contribution in [1.82, 2.24) is 4.90 Å². The van der Waals surface area contributed by atoms with Crippen molar-refractivity contribution in [1.29, 1.82) is 0 Å². The molecule has 0 bridgehead atoms. The Morgan fingerprint density at radius 2 is 1.95 bits per heavy atom. The Kier molecular flexibility index (Phi) is 3.95. The predicted octanol–water partition coefficient (Wildman–Crippen LogP) is 2.63. The molecule has 0 saturated heterocycles. The summed E-state index contributed by atoms with van der Waals surface area (Å²) in [5, 5.41) is 0. The molecule has 1 amide bonds. The lowest BCUT2D eigenvalue weighted by atomic mass is 9.94. The molecular formula is C16H23NO2. The number of likely N-dealkylation sites (N-methyl/N-ethyl adjacent to an activating group) is 1. The minimum atomic E-state index is -0.332. The van der Waals surface area contributed by atoms with Crippen LogP contribution in [0.1, 0.15) is 31.9 Å². The maximum absolute atomic E-state index is 12.2. The second-order valence-corrected chi connectivity index (χ2v) is 6.34. The number of rotatable bonds is 2. The SMILES string of the molecule is CN(CC1Cc2ccccc2CO1)C(=O)C(C)(C)C. The minimum absolute atomic E-state index is 0.103. The summed E-state index contributed by atoms with van der Waals surface area (Å²) in [6.45, 7) is 7.15. The fraction of sp³-hybridized carbons (Fsp3) is 0.562. The van der Waals surface area contributed by atoms with Crippen molar-refractivity contribution in [2.24, 2.45) is 5.41 Å². The van der Waals surface area contributed by atoms with Crippen LogP contribution in [0.25, 0.3) is 0 Å². The van der Waals surface area contributed by atoms with Crippen molar-refractivity contribution in [3.8, 4) is 0 Å². The molecule has 0 saturated carbocycles. The molecule has 1 heterocycles. The fourth-order valence-corrected chi connectivity index (χ4v) is 2.49. The van der Waals surface area contributed by atoms with Gasteiger partial charge in [0.2, 0.25) is 5.91 Å². The highest BCUT2D eigenvalue weighted by Gasteiger charge is 2.28.